The van der Waals surface area contributed by atoms with Crippen LogP contribution in [0.2, 0.25) is 0 Å². The Hall–Kier alpha value is -0.570. The summed E-state index contributed by atoms with van der Waals surface area (Å²) in [4.78, 5) is 12.0. The van der Waals surface area contributed by atoms with E-state index in [0.717, 1.165) is 32.2 Å². The summed E-state index contributed by atoms with van der Waals surface area (Å²) in [5.41, 5.74) is -0.389. The number of hydrogen-bond acceptors (Lipinski definition) is 3. The normalized spacial score (nSPS) is 30.5. The van der Waals surface area contributed by atoms with Crippen molar-refractivity contribution in [2.45, 2.75) is 52.0 Å². The Morgan fingerprint density at radius 3 is 2.73 bits per heavy atom. The third-order valence-corrected chi connectivity index (χ3v) is 3.45. The van der Waals surface area contributed by atoms with Gasteiger partial charge in [0, 0.05) is 0 Å². The molecule has 1 aliphatic carbocycles. The Bertz CT molecular complexity index is 218. The van der Waals surface area contributed by atoms with Crippen LogP contribution in [0.15, 0.2) is 0 Å². The number of ether oxygens (including phenoxy) is 1. The first-order chi connectivity index (χ1) is 7.21. The summed E-state index contributed by atoms with van der Waals surface area (Å²) in [7, 11) is 0. The summed E-state index contributed by atoms with van der Waals surface area (Å²) in [6.45, 7) is 7.37. The van der Waals surface area contributed by atoms with Gasteiger partial charge >= 0.3 is 5.97 Å². The van der Waals surface area contributed by atoms with Crippen LogP contribution in [-0.4, -0.2) is 24.7 Å². The average Bonchev–Trinajstić information content (AvgIpc) is 2.63. The predicted octanol–water partition coefficient (Wildman–Crippen LogP) is 2.11. The molecule has 1 aliphatic rings. The third-order valence-electron chi connectivity index (χ3n) is 3.45. The first kappa shape index (κ1) is 12.5. The van der Waals surface area contributed by atoms with Gasteiger partial charge in [0.25, 0.3) is 0 Å². The van der Waals surface area contributed by atoms with Crippen LogP contribution >= 0.6 is 0 Å². The third kappa shape index (κ3) is 2.33. The lowest BCUT2D eigenvalue weighted by Crippen LogP contribution is -2.55. The minimum atomic E-state index is -0.389. The highest BCUT2D eigenvalue weighted by atomic mass is 16.5. The smallest absolute Gasteiger partial charge is 0.326 e. The quantitative estimate of drug-likeness (QED) is 0.711. The monoisotopic (exact) mass is 213 g/mol. The number of carbonyl (C=O) groups is 1. The van der Waals surface area contributed by atoms with E-state index < -0.39 is 0 Å². The Morgan fingerprint density at radius 1 is 1.47 bits per heavy atom. The van der Waals surface area contributed by atoms with E-state index in [2.05, 4.69) is 12.2 Å². The van der Waals surface area contributed by atoms with Gasteiger partial charge in [-0.05, 0) is 32.2 Å². The van der Waals surface area contributed by atoms with Crippen LogP contribution in [0.4, 0.5) is 0 Å². The van der Waals surface area contributed by atoms with Gasteiger partial charge in [0.05, 0.1) is 6.61 Å². The molecular weight excluding hydrogens is 190 g/mol. The molecule has 1 N–H and O–H groups in total. The zero-order chi connectivity index (χ0) is 11.3. The standard InChI is InChI=1S/C12H23NO2/c1-4-10-8-7-9-12(10,13-5-2)11(14)15-6-3/h10,13H,4-9H2,1-3H3. The molecule has 15 heavy (non-hydrogen) atoms. The minimum absolute atomic E-state index is 0.0452. The van der Waals surface area contributed by atoms with Gasteiger partial charge in [-0.1, -0.05) is 26.7 Å². The maximum absolute atomic E-state index is 12.0. The SMILES string of the molecule is CCNC1(C(=O)OCC)CCCC1CC. The molecule has 88 valence electrons. The molecule has 1 fully saturated rings. The first-order valence-electron chi connectivity index (χ1n) is 6.13. The van der Waals surface area contributed by atoms with Gasteiger partial charge in [-0.25, -0.2) is 0 Å². The van der Waals surface area contributed by atoms with Crippen molar-refractivity contribution < 1.29 is 9.53 Å². The lowest BCUT2D eigenvalue weighted by atomic mass is 9.85. The highest BCUT2D eigenvalue weighted by Gasteiger charge is 2.48. The van der Waals surface area contributed by atoms with Gasteiger partial charge in [-0.15, -0.1) is 0 Å². The van der Waals surface area contributed by atoms with Crippen molar-refractivity contribution in [2.24, 2.45) is 5.92 Å². The molecule has 3 nitrogen and oxygen atoms in total. The fourth-order valence-corrected chi connectivity index (χ4v) is 2.78. The second-order valence-electron chi connectivity index (χ2n) is 4.22. The zero-order valence-corrected chi connectivity index (χ0v) is 10.1. The van der Waals surface area contributed by atoms with Crippen molar-refractivity contribution >= 4 is 5.97 Å². The molecule has 0 amide bonds. The molecule has 0 heterocycles. The van der Waals surface area contributed by atoms with Gasteiger partial charge in [0.15, 0.2) is 0 Å². The van der Waals surface area contributed by atoms with Crippen molar-refractivity contribution in [3.05, 3.63) is 0 Å². The van der Waals surface area contributed by atoms with E-state index in [0.29, 0.717) is 12.5 Å². The van der Waals surface area contributed by atoms with Gasteiger partial charge in [-0.3, -0.25) is 4.79 Å². The van der Waals surface area contributed by atoms with Crippen LogP contribution < -0.4 is 5.32 Å². The maximum Gasteiger partial charge on any atom is 0.326 e. The fourth-order valence-electron chi connectivity index (χ4n) is 2.78. The van der Waals surface area contributed by atoms with Gasteiger partial charge < -0.3 is 10.1 Å². The van der Waals surface area contributed by atoms with E-state index in [4.69, 9.17) is 4.74 Å². The molecule has 0 saturated heterocycles. The zero-order valence-electron chi connectivity index (χ0n) is 10.1. The van der Waals surface area contributed by atoms with Gasteiger partial charge in [0.1, 0.15) is 5.54 Å². The van der Waals surface area contributed by atoms with Crippen molar-refractivity contribution in [3.8, 4) is 0 Å². The highest BCUT2D eigenvalue weighted by Crippen LogP contribution is 2.38. The summed E-state index contributed by atoms with van der Waals surface area (Å²) in [5, 5.41) is 3.37. The molecule has 2 atom stereocenters. The molecule has 3 heteroatoms. The Morgan fingerprint density at radius 2 is 2.20 bits per heavy atom. The van der Waals surface area contributed by atoms with Crippen LogP contribution in [0.25, 0.3) is 0 Å². The number of likely N-dealkylation sites (N-methyl/N-ethyl adjacent to an activating group) is 1. The van der Waals surface area contributed by atoms with E-state index >= 15 is 0 Å². The summed E-state index contributed by atoms with van der Waals surface area (Å²) in [6.07, 6.45) is 4.25. The summed E-state index contributed by atoms with van der Waals surface area (Å²) in [5.74, 6) is 0.396. The van der Waals surface area contributed by atoms with E-state index in [-0.39, 0.29) is 11.5 Å². The highest BCUT2D eigenvalue weighted by molar-refractivity contribution is 5.81. The second kappa shape index (κ2) is 5.50. The maximum atomic E-state index is 12.0. The number of nitrogens with one attached hydrogen (secondary N) is 1. The largest absolute Gasteiger partial charge is 0.465 e. The van der Waals surface area contributed by atoms with Crippen molar-refractivity contribution in [1.29, 1.82) is 0 Å². The summed E-state index contributed by atoms with van der Waals surface area (Å²) in [6, 6.07) is 0. The predicted molar refractivity (Wildman–Crippen MR) is 60.7 cm³/mol. The lowest BCUT2D eigenvalue weighted by molar-refractivity contribution is -0.153. The topological polar surface area (TPSA) is 38.3 Å². The van der Waals surface area contributed by atoms with Crippen LogP contribution in [-0.2, 0) is 9.53 Å². The number of esters is 1. The molecule has 0 aromatic carbocycles. The molecule has 2 unspecified atom stereocenters. The molecule has 0 aromatic rings. The van der Waals surface area contributed by atoms with Gasteiger partial charge in [-0.2, -0.15) is 0 Å². The van der Waals surface area contributed by atoms with Crippen LogP contribution in [0.1, 0.15) is 46.5 Å². The van der Waals surface area contributed by atoms with Crippen LogP contribution in [0.3, 0.4) is 0 Å². The van der Waals surface area contributed by atoms with Crippen LogP contribution in [0, 0.1) is 5.92 Å². The summed E-state index contributed by atoms with van der Waals surface area (Å²) < 4.78 is 5.21. The number of carbonyl (C=O) groups excluding carboxylic acids is 1. The molecule has 1 saturated carbocycles. The number of hydrogen-bond donors (Lipinski definition) is 1. The molecule has 0 bridgehead atoms. The van der Waals surface area contributed by atoms with Crippen molar-refractivity contribution in [3.63, 3.8) is 0 Å². The minimum Gasteiger partial charge on any atom is -0.465 e. The van der Waals surface area contributed by atoms with E-state index in [9.17, 15) is 4.79 Å². The molecule has 0 aromatic heterocycles. The number of rotatable bonds is 5. The summed E-state index contributed by atoms with van der Waals surface area (Å²) >= 11 is 0. The van der Waals surface area contributed by atoms with Gasteiger partial charge in [0.2, 0.25) is 0 Å². The van der Waals surface area contributed by atoms with Crippen molar-refractivity contribution in [2.75, 3.05) is 13.2 Å². The molecule has 1 rings (SSSR count). The molecular formula is C12H23NO2. The average molecular weight is 213 g/mol. The molecule has 0 aliphatic heterocycles. The van der Waals surface area contributed by atoms with E-state index in [1.165, 1.54) is 0 Å². The first-order valence-corrected chi connectivity index (χ1v) is 6.13. The lowest BCUT2D eigenvalue weighted by Gasteiger charge is -2.33. The Balaban J connectivity index is 2.81. The van der Waals surface area contributed by atoms with Crippen molar-refractivity contribution in [1.82, 2.24) is 5.32 Å². The molecule has 0 radical (unpaired) electrons. The Labute approximate surface area is 92.6 Å². The van der Waals surface area contributed by atoms with E-state index in [1.807, 2.05) is 13.8 Å². The molecule has 0 spiro atoms. The fraction of sp³-hybridized carbons (Fsp3) is 0.917. The van der Waals surface area contributed by atoms with Crippen LogP contribution in [0.5, 0.6) is 0 Å². The second-order valence-corrected chi connectivity index (χ2v) is 4.22. The van der Waals surface area contributed by atoms with E-state index in [1.54, 1.807) is 0 Å². The Kier molecular flexibility index (Phi) is 4.58.